The molecule has 0 amide bonds. The molecule has 2 aromatic carbocycles. The summed E-state index contributed by atoms with van der Waals surface area (Å²) in [5, 5.41) is 9.11. The Morgan fingerprint density at radius 3 is 2.05 bits per heavy atom. The van der Waals surface area contributed by atoms with Gasteiger partial charge in [-0.25, -0.2) is 17.2 Å². The van der Waals surface area contributed by atoms with Crippen LogP contribution in [0.5, 0.6) is 5.75 Å². The average Bonchev–Trinajstić information content (AvgIpc) is 2.30. The number of hydrogen-bond acceptors (Lipinski definition) is 4. The first-order valence-electron chi connectivity index (χ1n) is 5.55. The van der Waals surface area contributed by atoms with Crippen LogP contribution < -0.4 is 5.73 Å². The fraction of sp³-hybridized carbons (Fsp3) is 0.0769. The van der Waals surface area contributed by atoms with E-state index in [1.165, 1.54) is 24.3 Å². The number of rotatable bonds is 3. The van der Waals surface area contributed by atoms with Gasteiger partial charge in [0.05, 0.1) is 5.75 Å². The number of nitrogen functional groups attached to an aromatic ring is 1. The molecule has 2 aromatic rings. The van der Waals surface area contributed by atoms with Gasteiger partial charge in [0, 0.05) is 5.69 Å². The van der Waals surface area contributed by atoms with Gasteiger partial charge in [-0.3, -0.25) is 0 Å². The Hall–Kier alpha value is -2.15. The molecule has 20 heavy (non-hydrogen) atoms. The maximum atomic E-state index is 13.6. The van der Waals surface area contributed by atoms with Gasteiger partial charge in [-0.15, -0.1) is 0 Å². The molecule has 7 heteroatoms. The van der Waals surface area contributed by atoms with E-state index >= 15 is 0 Å². The van der Waals surface area contributed by atoms with E-state index in [2.05, 4.69) is 0 Å². The molecule has 3 N–H and O–H groups in total. The highest BCUT2D eigenvalue weighted by Gasteiger charge is 2.25. The average molecular weight is 299 g/mol. The van der Waals surface area contributed by atoms with Crippen LogP contribution in [0, 0.1) is 11.6 Å². The molecule has 0 saturated heterocycles. The number of hydrogen-bond donors (Lipinski definition) is 2. The summed E-state index contributed by atoms with van der Waals surface area (Å²) in [5.74, 6) is -3.05. The van der Waals surface area contributed by atoms with Gasteiger partial charge < -0.3 is 10.8 Å². The third-order valence-corrected chi connectivity index (χ3v) is 4.35. The van der Waals surface area contributed by atoms with Crippen molar-refractivity contribution in [2.24, 2.45) is 0 Å². The van der Waals surface area contributed by atoms with Crippen molar-refractivity contribution in [3.8, 4) is 5.75 Å². The van der Waals surface area contributed by atoms with Gasteiger partial charge in [-0.2, -0.15) is 0 Å². The van der Waals surface area contributed by atoms with E-state index in [0.29, 0.717) is 5.56 Å². The number of anilines is 1. The number of nitrogens with two attached hydrogens (primary N) is 1. The lowest BCUT2D eigenvalue weighted by Gasteiger charge is -2.08. The quantitative estimate of drug-likeness (QED) is 0.852. The first-order valence-corrected chi connectivity index (χ1v) is 7.20. The van der Waals surface area contributed by atoms with Gasteiger partial charge in [0.25, 0.3) is 0 Å². The number of aromatic hydroxyl groups is 1. The molecule has 0 bridgehead atoms. The normalized spacial score (nSPS) is 11.5. The molecule has 0 fully saturated rings. The lowest BCUT2D eigenvalue weighted by molar-refractivity contribution is 0.475. The maximum absolute atomic E-state index is 13.6. The summed E-state index contributed by atoms with van der Waals surface area (Å²) < 4.78 is 51.4. The fourth-order valence-electron chi connectivity index (χ4n) is 1.76. The molecule has 0 aliphatic heterocycles. The number of benzene rings is 2. The van der Waals surface area contributed by atoms with Crippen LogP contribution in [0.15, 0.2) is 41.3 Å². The van der Waals surface area contributed by atoms with E-state index < -0.39 is 32.1 Å². The van der Waals surface area contributed by atoms with Crippen LogP contribution in [-0.2, 0) is 15.6 Å². The summed E-state index contributed by atoms with van der Waals surface area (Å²) in [6.07, 6.45) is 0. The van der Waals surface area contributed by atoms with Crippen molar-refractivity contribution in [2.45, 2.75) is 10.6 Å². The van der Waals surface area contributed by atoms with Crippen LogP contribution in [0.2, 0.25) is 0 Å². The van der Waals surface area contributed by atoms with Crippen LogP contribution in [0.1, 0.15) is 5.56 Å². The predicted molar refractivity (Wildman–Crippen MR) is 69.8 cm³/mol. The van der Waals surface area contributed by atoms with Crippen molar-refractivity contribution in [1.82, 2.24) is 0 Å². The van der Waals surface area contributed by atoms with E-state index in [-0.39, 0.29) is 11.4 Å². The highest BCUT2D eigenvalue weighted by atomic mass is 32.2. The Balaban J connectivity index is 2.43. The van der Waals surface area contributed by atoms with Gasteiger partial charge >= 0.3 is 0 Å². The Morgan fingerprint density at radius 1 is 1.05 bits per heavy atom. The van der Waals surface area contributed by atoms with E-state index in [1.807, 2.05) is 0 Å². The van der Waals surface area contributed by atoms with Crippen molar-refractivity contribution < 1.29 is 22.3 Å². The molecular formula is C13H11F2NO3S. The van der Waals surface area contributed by atoms with Gasteiger partial charge in [0.2, 0.25) is 0 Å². The minimum Gasteiger partial charge on any atom is -0.508 e. The lowest BCUT2D eigenvalue weighted by Crippen LogP contribution is -2.10. The van der Waals surface area contributed by atoms with E-state index in [1.54, 1.807) is 0 Å². The minimum atomic E-state index is -4.19. The molecule has 0 spiro atoms. The molecule has 0 radical (unpaired) electrons. The molecule has 106 valence electrons. The topological polar surface area (TPSA) is 80.4 Å². The fourth-order valence-corrected chi connectivity index (χ4v) is 3.25. The largest absolute Gasteiger partial charge is 0.508 e. The van der Waals surface area contributed by atoms with E-state index in [4.69, 9.17) is 10.8 Å². The van der Waals surface area contributed by atoms with Crippen molar-refractivity contribution in [2.75, 3.05) is 5.73 Å². The Labute approximate surface area is 114 Å². The van der Waals surface area contributed by atoms with Gasteiger partial charge in [0.15, 0.2) is 9.84 Å². The molecule has 0 aliphatic carbocycles. The monoisotopic (exact) mass is 299 g/mol. The summed E-state index contributed by atoms with van der Waals surface area (Å²) in [6, 6.07) is 6.82. The zero-order valence-corrected chi connectivity index (χ0v) is 11.0. The van der Waals surface area contributed by atoms with Crippen LogP contribution in [0.3, 0.4) is 0 Å². The zero-order chi connectivity index (χ0) is 14.9. The molecule has 0 saturated carbocycles. The van der Waals surface area contributed by atoms with Crippen LogP contribution in [0.4, 0.5) is 14.5 Å². The predicted octanol–water partition coefficient (Wildman–Crippen LogP) is 2.23. The van der Waals surface area contributed by atoms with E-state index in [0.717, 1.165) is 12.1 Å². The molecule has 0 aliphatic rings. The molecule has 0 atom stereocenters. The van der Waals surface area contributed by atoms with Crippen molar-refractivity contribution >= 4 is 15.5 Å². The van der Waals surface area contributed by atoms with Gasteiger partial charge in [-0.05, 0) is 29.8 Å². The second-order valence-electron chi connectivity index (χ2n) is 4.24. The first kappa shape index (κ1) is 14.3. The molecule has 4 nitrogen and oxygen atoms in total. The number of sulfone groups is 1. The standard InChI is InChI=1S/C13H11F2NO3S/c14-11-5-9(16)6-12(15)13(11)20(18,19)7-8-1-3-10(17)4-2-8/h1-6,17H,7,16H2. The molecule has 0 unspecified atom stereocenters. The van der Waals surface area contributed by atoms with Gasteiger partial charge in [0.1, 0.15) is 22.3 Å². The second kappa shape index (κ2) is 5.09. The van der Waals surface area contributed by atoms with Crippen LogP contribution in [0.25, 0.3) is 0 Å². The number of halogens is 2. The van der Waals surface area contributed by atoms with Crippen molar-refractivity contribution in [1.29, 1.82) is 0 Å². The molecule has 0 aromatic heterocycles. The van der Waals surface area contributed by atoms with Crippen LogP contribution >= 0.6 is 0 Å². The van der Waals surface area contributed by atoms with Crippen molar-refractivity contribution in [3.63, 3.8) is 0 Å². The highest BCUT2D eigenvalue weighted by molar-refractivity contribution is 7.90. The summed E-state index contributed by atoms with van der Waals surface area (Å²) in [4.78, 5) is -1.00. The minimum absolute atomic E-state index is 0.0315. The zero-order valence-electron chi connectivity index (χ0n) is 10.2. The second-order valence-corrected chi connectivity index (χ2v) is 6.17. The maximum Gasteiger partial charge on any atom is 0.188 e. The third-order valence-electron chi connectivity index (χ3n) is 2.62. The molecule has 2 rings (SSSR count). The Morgan fingerprint density at radius 2 is 1.55 bits per heavy atom. The highest BCUT2D eigenvalue weighted by Crippen LogP contribution is 2.25. The summed E-state index contributed by atoms with van der Waals surface area (Å²) in [5.41, 5.74) is 5.35. The Kier molecular flexibility index (Phi) is 3.63. The van der Waals surface area contributed by atoms with Crippen LogP contribution in [-0.4, -0.2) is 13.5 Å². The molecule has 0 heterocycles. The van der Waals surface area contributed by atoms with E-state index in [9.17, 15) is 17.2 Å². The lowest BCUT2D eigenvalue weighted by atomic mass is 10.2. The first-order chi connectivity index (χ1) is 9.29. The number of phenols is 1. The summed E-state index contributed by atoms with van der Waals surface area (Å²) >= 11 is 0. The molecular weight excluding hydrogens is 288 g/mol. The van der Waals surface area contributed by atoms with Gasteiger partial charge in [-0.1, -0.05) is 12.1 Å². The summed E-state index contributed by atoms with van der Waals surface area (Å²) in [7, 11) is -4.19. The summed E-state index contributed by atoms with van der Waals surface area (Å²) in [6.45, 7) is 0. The SMILES string of the molecule is Nc1cc(F)c(S(=O)(=O)Cc2ccc(O)cc2)c(F)c1. The third kappa shape index (κ3) is 2.88. The smallest absolute Gasteiger partial charge is 0.188 e. The number of phenolic OH excluding ortho intramolecular Hbond substituents is 1. The Bertz CT molecular complexity index is 720. The van der Waals surface area contributed by atoms with Crippen molar-refractivity contribution in [3.05, 3.63) is 53.6 Å².